The summed E-state index contributed by atoms with van der Waals surface area (Å²) in [5.74, 6) is 0.462. The van der Waals surface area contributed by atoms with Crippen LogP contribution in [0.4, 0.5) is 10.2 Å². The van der Waals surface area contributed by atoms with Gasteiger partial charge in [-0.15, -0.1) is 0 Å². The Bertz CT molecular complexity index is 284. The van der Waals surface area contributed by atoms with Crippen LogP contribution in [-0.4, -0.2) is 15.5 Å². The molecule has 1 aromatic heterocycles. The van der Waals surface area contributed by atoms with Crippen LogP contribution in [0.15, 0.2) is 6.07 Å². The minimum Gasteiger partial charge on any atom is -0.365 e. The Morgan fingerprint density at radius 2 is 1.92 bits per heavy atom. The topological polar surface area (TPSA) is 37.8 Å². The van der Waals surface area contributed by atoms with Gasteiger partial charge in [0.2, 0.25) is 5.95 Å². The standard InChI is InChI=1S/C9H14FN3/c1-6-11-7(10)5-8(12-6)13-9(2,3)4/h5H,1-4H3,(H,11,12,13). The maximum Gasteiger partial charge on any atom is 0.218 e. The Morgan fingerprint density at radius 1 is 1.31 bits per heavy atom. The Morgan fingerprint density at radius 3 is 2.38 bits per heavy atom. The molecule has 72 valence electrons. The lowest BCUT2D eigenvalue weighted by Gasteiger charge is -2.21. The Hall–Kier alpha value is -1.19. The van der Waals surface area contributed by atoms with Crippen molar-refractivity contribution in [2.45, 2.75) is 33.2 Å². The highest BCUT2D eigenvalue weighted by molar-refractivity contribution is 5.35. The van der Waals surface area contributed by atoms with Gasteiger partial charge in [0.15, 0.2) is 0 Å². The van der Waals surface area contributed by atoms with E-state index >= 15 is 0 Å². The first-order chi connectivity index (χ1) is 5.87. The van der Waals surface area contributed by atoms with Crippen molar-refractivity contribution in [3.63, 3.8) is 0 Å². The predicted molar refractivity (Wildman–Crippen MR) is 50.1 cm³/mol. The molecule has 0 aliphatic heterocycles. The van der Waals surface area contributed by atoms with Crippen molar-refractivity contribution in [2.24, 2.45) is 0 Å². The van der Waals surface area contributed by atoms with Crippen LogP contribution in [0.2, 0.25) is 0 Å². The molecule has 3 nitrogen and oxygen atoms in total. The van der Waals surface area contributed by atoms with Crippen molar-refractivity contribution in [2.75, 3.05) is 5.32 Å². The van der Waals surface area contributed by atoms with Gasteiger partial charge in [0, 0.05) is 11.6 Å². The van der Waals surface area contributed by atoms with Gasteiger partial charge in [0.25, 0.3) is 0 Å². The van der Waals surface area contributed by atoms with E-state index in [9.17, 15) is 4.39 Å². The third-order valence-corrected chi connectivity index (χ3v) is 1.31. The third kappa shape index (κ3) is 3.36. The Labute approximate surface area is 77.4 Å². The van der Waals surface area contributed by atoms with Gasteiger partial charge in [-0.1, -0.05) is 0 Å². The molecule has 1 N–H and O–H groups in total. The molecule has 1 aromatic rings. The molecule has 13 heavy (non-hydrogen) atoms. The van der Waals surface area contributed by atoms with Gasteiger partial charge in [-0.2, -0.15) is 4.39 Å². The summed E-state index contributed by atoms with van der Waals surface area (Å²) in [5.41, 5.74) is -0.118. The number of anilines is 1. The van der Waals surface area contributed by atoms with Crippen LogP contribution in [0.1, 0.15) is 26.6 Å². The Balaban J connectivity index is 2.90. The molecule has 1 heterocycles. The molecule has 0 fully saturated rings. The molecule has 0 unspecified atom stereocenters. The van der Waals surface area contributed by atoms with Crippen molar-refractivity contribution in [3.05, 3.63) is 17.8 Å². The first-order valence-corrected chi connectivity index (χ1v) is 4.16. The van der Waals surface area contributed by atoms with E-state index in [-0.39, 0.29) is 5.54 Å². The monoisotopic (exact) mass is 183 g/mol. The summed E-state index contributed by atoms with van der Waals surface area (Å²) < 4.78 is 12.8. The van der Waals surface area contributed by atoms with Crippen molar-refractivity contribution >= 4 is 5.82 Å². The summed E-state index contributed by atoms with van der Waals surface area (Å²) in [5, 5.41) is 3.07. The minimum absolute atomic E-state index is 0.118. The zero-order chi connectivity index (χ0) is 10.1. The largest absolute Gasteiger partial charge is 0.365 e. The number of rotatable bonds is 1. The van der Waals surface area contributed by atoms with E-state index < -0.39 is 5.95 Å². The quantitative estimate of drug-likeness (QED) is 0.678. The fourth-order valence-corrected chi connectivity index (χ4v) is 0.980. The molecule has 0 saturated heterocycles. The molecular weight excluding hydrogens is 169 g/mol. The van der Waals surface area contributed by atoms with Crippen molar-refractivity contribution < 1.29 is 4.39 Å². The predicted octanol–water partition coefficient (Wildman–Crippen LogP) is 2.13. The van der Waals surface area contributed by atoms with Crippen LogP contribution in [0.3, 0.4) is 0 Å². The van der Waals surface area contributed by atoms with Crippen LogP contribution in [0.5, 0.6) is 0 Å². The van der Waals surface area contributed by atoms with Crippen LogP contribution < -0.4 is 5.32 Å². The van der Waals surface area contributed by atoms with Crippen LogP contribution in [0.25, 0.3) is 0 Å². The van der Waals surface area contributed by atoms with E-state index in [1.807, 2.05) is 20.8 Å². The van der Waals surface area contributed by atoms with Gasteiger partial charge in [-0.05, 0) is 27.7 Å². The summed E-state index contributed by atoms with van der Waals surface area (Å²) >= 11 is 0. The molecule has 1 rings (SSSR count). The van der Waals surface area contributed by atoms with Crippen LogP contribution in [0, 0.1) is 12.9 Å². The van der Waals surface area contributed by atoms with Crippen LogP contribution >= 0.6 is 0 Å². The maximum absolute atomic E-state index is 12.8. The van der Waals surface area contributed by atoms with Crippen molar-refractivity contribution in [1.82, 2.24) is 9.97 Å². The second-order valence-corrected chi connectivity index (χ2v) is 4.00. The fourth-order valence-electron chi connectivity index (χ4n) is 0.980. The highest BCUT2D eigenvalue weighted by atomic mass is 19.1. The lowest BCUT2D eigenvalue weighted by molar-refractivity contribution is 0.570. The number of hydrogen-bond donors (Lipinski definition) is 1. The molecule has 0 amide bonds. The van der Waals surface area contributed by atoms with Crippen molar-refractivity contribution in [3.8, 4) is 0 Å². The molecular formula is C9H14FN3. The Kier molecular flexibility index (Phi) is 2.50. The van der Waals surface area contributed by atoms with E-state index in [0.717, 1.165) is 0 Å². The second kappa shape index (κ2) is 3.28. The lowest BCUT2D eigenvalue weighted by atomic mass is 10.1. The summed E-state index contributed by atoms with van der Waals surface area (Å²) in [4.78, 5) is 7.60. The third-order valence-electron chi connectivity index (χ3n) is 1.31. The van der Waals surface area contributed by atoms with E-state index in [1.165, 1.54) is 6.07 Å². The number of hydrogen-bond acceptors (Lipinski definition) is 3. The highest BCUT2D eigenvalue weighted by Crippen LogP contribution is 2.12. The number of nitrogens with zero attached hydrogens (tertiary/aromatic N) is 2. The number of aryl methyl sites for hydroxylation is 1. The average molecular weight is 183 g/mol. The van der Waals surface area contributed by atoms with Gasteiger partial charge in [-0.25, -0.2) is 9.97 Å². The normalized spacial score (nSPS) is 11.5. The van der Waals surface area contributed by atoms with Gasteiger partial charge >= 0.3 is 0 Å². The molecule has 0 spiro atoms. The molecule has 4 heteroatoms. The summed E-state index contributed by atoms with van der Waals surface area (Å²) in [7, 11) is 0. The molecule has 0 atom stereocenters. The fraction of sp³-hybridized carbons (Fsp3) is 0.556. The second-order valence-electron chi connectivity index (χ2n) is 4.00. The zero-order valence-electron chi connectivity index (χ0n) is 8.35. The molecule has 0 aromatic carbocycles. The van der Waals surface area contributed by atoms with Gasteiger partial charge in [0.1, 0.15) is 11.6 Å². The SMILES string of the molecule is Cc1nc(F)cc(NC(C)(C)C)n1. The minimum atomic E-state index is -0.501. The lowest BCUT2D eigenvalue weighted by Crippen LogP contribution is -2.27. The molecule has 0 bridgehead atoms. The molecule has 0 radical (unpaired) electrons. The van der Waals surface area contributed by atoms with E-state index in [1.54, 1.807) is 6.92 Å². The number of nitrogens with one attached hydrogen (secondary N) is 1. The maximum atomic E-state index is 12.8. The summed E-state index contributed by atoms with van der Waals surface area (Å²) in [6, 6.07) is 1.29. The average Bonchev–Trinajstić information content (AvgIpc) is 1.78. The first-order valence-electron chi connectivity index (χ1n) is 4.16. The molecule has 0 aliphatic carbocycles. The smallest absolute Gasteiger partial charge is 0.218 e. The summed E-state index contributed by atoms with van der Waals surface area (Å²) in [6.45, 7) is 7.63. The van der Waals surface area contributed by atoms with E-state index in [2.05, 4.69) is 15.3 Å². The van der Waals surface area contributed by atoms with E-state index in [0.29, 0.717) is 11.6 Å². The summed E-state index contributed by atoms with van der Waals surface area (Å²) in [6.07, 6.45) is 0. The zero-order valence-corrected chi connectivity index (χ0v) is 8.35. The number of halogens is 1. The molecule has 0 aliphatic rings. The van der Waals surface area contributed by atoms with E-state index in [4.69, 9.17) is 0 Å². The molecule has 0 saturated carbocycles. The van der Waals surface area contributed by atoms with Gasteiger partial charge in [-0.3, -0.25) is 0 Å². The van der Waals surface area contributed by atoms with Crippen LogP contribution in [-0.2, 0) is 0 Å². The first kappa shape index (κ1) is 9.89. The van der Waals surface area contributed by atoms with Gasteiger partial charge in [0.05, 0.1) is 0 Å². The van der Waals surface area contributed by atoms with Gasteiger partial charge < -0.3 is 5.32 Å². The van der Waals surface area contributed by atoms with Crippen molar-refractivity contribution in [1.29, 1.82) is 0 Å². The number of aromatic nitrogens is 2. The highest BCUT2D eigenvalue weighted by Gasteiger charge is 2.11.